The zero-order valence-electron chi connectivity index (χ0n) is 13.4. The Morgan fingerprint density at radius 2 is 1.82 bits per heavy atom. The number of nitrogens with one attached hydrogen (secondary N) is 2. The highest BCUT2D eigenvalue weighted by atomic mass is 35.5. The SMILES string of the molecule is CCCCCNc1cc(Nc2ccc(Cl)cc2C)nc(C)n1. The van der Waals surface area contributed by atoms with Crippen molar-refractivity contribution >= 4 is 28.9 Å². The van der Waals surface area contributed by atoms with E-state index in [2.05, 4.69) is 27.5 Å². The number of aromatic nitrogens is 2. The van der Waals surface area contributed by atoms with Crippen molar-refractivity contribution in [1.82, 2.24) is 9.97 Å². The molecule has 5 heteroatoms. The van der Waals surface area contributed by atoms with Crippen molar-refractivity contribution in [2.75, 3.05) is 17.2 Å². The highest BCUT2D eigenvalue weighted by Gasteiger charge is 2.04. The number of benzene rings is 1. The van der Waals surface area contributed by atoms with Gasteiger partial charge in [-0.15, -0.1) is 0 Å². The van der Waals surface area contributed by atoms with Crippen LogP contribution in [0.2, 0.25) is 5.02 Å². The van der Waals surface area contributed by atoms with E-state index >= 15 is 0 Å². The summed E-state index contributed by atoms with van der Waals surface area (Å²) in [5.74, 6) is 2.39. The van der Waals surface area contributed by atoms with Crippen molar-refractivity contribution in [3.63, 3.8) is 0 Å². The van der Waals surface area contributed by atoms with Gasteiger partial charge >= 0.3 is 0 Å². The van der Waals surface area contributed by atoms with Gasteiger partial charge in [0.1, 0.15) is 17.5 Å². The lowest BCUT2D eigenvalue weighted by molar-refractivity contribution is 0.742. The standard InChI is InChI=1S/C17H23ClN4/c1-4-5-6-9-19-16-11-17(21-13(3)20-16)22-15-8-7-14(18)10-12(15)2/h7-8,10-11H,4-6,9H2,1-3H3,(H2,19,20,21,22). The van der Waals surface area contributed by atoms with Crippen molar-refractivity contribution in [2.45, 2.75) is 40.0 Å². The molecule has 0 radical (unpaired) electrons. The Hall–Kier alpha value is -1.81. The summed E-state index contributed by atoms with van der Waals surface area (Å²) in [6.07, 6.45) is 3.60. The molecule has 0 unspecified atom stereocenters. The molecular weight excluding hydrogens is 296 g/mol. The van der Waals surface area contributed by atoms with Crippen LogP contribution in [0.25, 0.3) is 0 Å². The molecule has 1 heterocycles. The second-order valence-electron chi connectivity index (χ2n) is 5.40. The topological polar surface area (TPSA) is 49.8 Å². The fourth-order valence-electron chi connectivity index (χ4n) is 2.22. The molecule has 2 aromatic rings. The summed E-state index contributed by atoms with van der Waals surface area (Å²) in [4.78, 5) is 8.87. The molecular formula is C17H23ClN4. The first kappa shape index (κ1) is 16.6. The van der Waals surface area contributed by atoms with Gasteiger partial charge in [0.05, 0.1) is 0 Å². The third-order valence-corrected chi connectivity index (χ3v) is 3.61. The Bertz CT molecular complexity index is 628. The minimum atomic E-state index is 0.736. The maximum Gasteiger partial charge on any atom is 0.136 e. The zero-order valence-corrected chi connectivity index (χ0v) is 14.2. The van der Waals surface area contributed by atoms with Gasteiger partial charge in [-0.1, -0.05) is 31.4 Å². The summed E-state index contributed by atoms with van der Waals surface area (Å²) in [5, 5.41) is 7.43. The lowest BCUT2D eigenvalue weighted by atomic mass is 10.2. The summed E-state index contributed by atoms with van der Waals surface area (Å²) in [6.45, 7) is 7.05. The van der Waals surface area contributed by atoms with Gasteiger partial charge in [0.25, 0.3) is 0 Å². The molecule has 0 saturated carbocycles. The Labute approximate surface area is 137 Å². The van der Waals surface area contributed by atoms with Crippen LogP contribution in [-0.2, 0) is 0 Å². The largest absolute Gasteiger partial charge is 0.370 e. The number of aryl methyl sites for hydroxylation is 2. The fraction of sp³-hybridized carbons (Fsp3) is 0.412. The van der Waals surface area contributed by atoms with Gasteiger partial charge in [0, 0.05) is 23.3 Å². The van der Waals surface area contributed by atoms with Gasteiger partial charge < -0.3 is 10.6 Å². The van der Waals surface area contributed by atoms with Crippen LogP contribution in [0.5, 0.6) is 0 Å². The average molecular weight is 319 g/mol. The maximum atomic E-state index is 5.99. The summed E-state index contributed by atoms with van der Waals surface area (Å²) in [6, 6.07) is 7.70. The second kappa shape index (κ2) is 7.99. The number of halogens is 1. The number of nitrogens with zero attached hydrogens (tertiary/aromatic N) is 2. The maximum absolute atomic E-state index is 5.99. The molecule has 4 nitrogen and oxygen atoms in total. The molecule has 0 aliphatic rings. The van der Waals surface area contributed by atoms with Gasteiger partial charge in [-0.05, 0) is 44.0 Å². The number of unbranched alkanes of at least 4 members (excludes halogenated alkanes) is 2. The number of hydrogen-bond acceptors (Lipinski definition) is 4. The van der Waals surface area contributed by atoms with E-state index < -0.39 is 0 Å². The molecule has 0 aliphatic carbocycles. The van der Waals surface area contributed by atoms with Gasteiger partial charge in [-0.2, -0.15) is 0 Å². The van der Waals surface area contributed by atoms with E-state index in [0.29, 0.717) is 0 Å². The molecule has 0 aliphatic heterocycles. The predicted octanol–water partition coefficient (Wildman–Crippen LogP) is 5.09. The molecule has 22 heavy (non-hydrogen) atoms. The van der Waals surface area contributed by atoms with Crippen LogP contribution < -0.4 is 10.6 Å². The van der Waals surface area contributed by atoms with Crippen LogP contribution >= 0.6 is 11.6 Å². The normalized spacial score (nSPS) is 10.5. The van der Waals surface area contributed by atoms with E-state index in [0.717, 1.165) is 46.7 Å². The van der Waals surface area contributed by atoms with Gasteiger partial charge in [0.15, 0.2) is 0 Å². The second-order valence-corrected chi connectivity index (χ2v) is 5.84. The van der Waals surface area contributed by atoms with E-state index in [-0.39, 0.29) is 0 Å². The predicted molar refractivity (Wildman–Crippen MR) is 94.3 cm³/mol. The summed E-state index contributed by atoms with van der Waals surface area (Å²) in [7, 11) is 0. The minimum Gasteiger partial charge on any atom is -0.370 e. The van der Waals surface area contributed by atoms with Crippen molar-refractivity contribution < 1.29 is 0 Å². The van der Waals surface area contributed by atoms with Crippen molar-refractivity contribution in [3.05, 3.63) is 40.7 Å². The smallest absolute Gasteiger partial charge is 0.136 e. The lowest BCUT2D eigenvalue weighted by Crippen LogP contribution is -2.06. The first-order valence-corrected chi connectivity index (χ1v) is 8.09. The Morgan fingerprint density at radius 3 is 2.55 bits per heavy atom. The zero-order chi connectivity index (χ0) is 15.9. The third kappa shape index (κ3) is 4.88. The van der Waals surface area contributed by atoms with E-state index in [9.17, 15) is 0 Å². The van der Waals surface area contributed by atoms with Gasteiger partial charge in [-0.25, -0.2) is 9.97 Å². The molecule has 2 rings (SSSR count). The third-order valence-electron chi connectivity index (χ3n) is 3.38. The monoisotopic (exact) mass is 318 g/mol. The molecule has 1 aromatic carbocycles. The highest BCUT2D eigenvalue weighted by molar-refractivity contribution is 6.30. The number of hydrogen-bond donors (Lipinski definition) is 2. The Morgan fingerprint density at radius 1 is 1.05 bits per heavy atom. The number of anilines is 3. The summed E-state index contributed by atoms with van der Waals surface area (Å²) >= 11 is 5.99. The summed E-state index contributed by atoms with van der Waals surface area (Å²) < 4.78 is 0. The lowest BCUT2D eigenvalue weighted by Gasteiger charge is -2.12. The minimum absolute atomic E-state index is 0.736. The Balaban J connectivity index is 2.08. The van der Waals surface area contributed by atoms with Gasteiger partial charge in [-0.3, -0.25) is 0 Å². The molecule has 0 atom stereocenters. The van der Waals surface area contributed by atoms with Crippen LogP contribution in [0.15, 0.2) is 24.3 Å². The fourth-order valence-corrected chi connectivity index (χ4v) is 2.45. The molecule has 0 spiro atoms. The van der Waals surface area contributed by atoms with Crippen LogP contribution in [0.1, 0.15) is 37.6 Å². The van der Waals surface area contributed by atoms with Crippen LogP contribution in [0, 0.1) is 13.8 Å². The highest BCUT2D eigenvalue weighted by Crippen LogP contribution is 2.23. The van der Waals surface area contributed by atoms with E-state index in [1.807, 2.05) is 38.1 Å². The molecule has 0 bridgehead atoms. The quantitative estimate of drug-likeness (QED) is 0.698. The van der Waals surface area contributed by atoms with E-state index in [1.54, 1.807) is 0 Å². The molecule has 1 aromatic heterocycles. The average Bonchev–Trinajstić information content (AvgIpc) is 2.46. The molecule has 2 N–H and O–H groups in total. The molecule has 0 amide bonds. The van der Waals surface area contributed by atoms with Crippen LogP contribution in [0.4, 0.5) is 17.3 Å². The van der Waals surface area contributed by atoms with Crippen molar-refractivity contribution in [3.8, 4) is 0 Å². The van der Waals surface area contributed by atoms with Crippen molar-refractivity contribution in [1.29, 1.82) is 0 Å². The first-order chi connectivity index (χ1) is 10.6. The number of rotatable bonds is 7. The van der Waals surface area contributed by atoms with Crippen LogP contribution in [0.3, 0.4) is 0 Å². The van der Waals surface area contributed by atoms with E-state index in [4.69, 9.17) is 11.6 Å². The summed E-state index contributed by atoms with van der Waals surface area (Å²) in [5.41, 5.74) is 2.08. The van der Waals surface area contributed by atoms with Crippen molar-refractivity contribution in [2.24, 2.45) is 0 Å². The van der Waals surface area contributed by atoms with Gasteiger partial charge in [0.2, 0.25) is 0 Å². The van der Waals surface area contributed by atoms with Crippen LogP contribution in [-0.4, -0.2) is 16.5 Å². The molecule has 0 fully saturated rings. The molecule has 118 valence electrons. The molecule has 0 saturated heterocycles. The van der Waals surface area contributed by atoms with E-state index in [1.165, 1.54) is 12.8 Å². The first-order valence-electron chi connectivity index (χ1n) is 7.71. The Kier molecular flexibility index (Phi) is 6.01.